The quantitative estimate of drug-likeness (QED) is 0.451. The summed E-state index contributed by atoms with van der Waals surface area (Å²) in [6, 6.07) is 9.57. The van der Waals surface area contributed by atoms with Crippen LogP contribution in [-0.2, 0) is 9.53 Å². The number of carbonyl (C=O) groups excluding carboxylic acids is 1. The maximum atomic E-state index is 11.4. The minimum atomic E-state index is -0.373. The Hall–Kier alpha value is -2.01. The van der Waals surface area contributed by atoms with E-state index < -0.39 is 0 Å². The van der Waals surface area contributed by atoms with Crippen molar-refractivity contribution >= 4 is 5.97 Å². The van der Waals surface area contributed by atoms with Crippen LogP contribution in [0.4, 0.5) is 0 Å². The van der Waals surface area contributed by atoms with Crippen LogP contribution >= 0.6 is 0 Å². The molecule has 1 rings (SSSR count). The highest BCUT2D eigenvalue weighted by atomic mass is 16.5. The van der Waals surface area contributed by atoms with Gasteiger partial charge >= 0.3 is 5.97 Å². The molecule has 0 bridgehead atoms. The maximum absolute atomic E-state index is 11.4. The molecule has 1 aromatic carbocycles. The predicted molar refractivity (Wildman–Crippen MR) is 68.3 cm³/mol. The van der Waals surface area contributed by atoms with E-state index in [0.717, 1.165) is 18.4 Å². The first kappa shape index (κ1) is 13.1. The molecule has 0 aliphatic carbocycles. The van der Waals surface area contributed by atoms with Crippen LogP contribution in [0, 0.1) is 11.8 Å². The standard InChI is InChI=1S/C15H16O2/c1-3-4-10-14(15(16)17-2)12-11-13-8-6-5-7-9-13/h5-10H,3-4H2,1-2H3/b14-10-. The third-order valence-electron chi connectivity index (χ3n) is 2.16. The van der Waals surface area contributed by atoms with E-state index >= 15 is 0 Å². The van der Waals surface area contributed by atoms with Gasteiger partial charge in [-0.15, -0.1) is 0 Å². The highest BCUT2D eigenvalue weighted by molar-refractivity contribution is 5.93. The predicted octanol–water partition coefficient (Wildman–Crippen LogP) is 2.94. The van der Waals surface area contributed by atoms with E-state index in [4.69, 9.17) is 0 Å². The third kappa shape index (κ3) is 4.56. The largest absolute Gasteiger partial charge is 0.465 e. The Morgan fingerprint density at radius 3 is 2.65 bits per heavy atom. The van der Waals surface area contributed by atoms with Crippen molar-refractivity contribution in [3.05, 3.63) is 47.5 Å². The Morgan fingerprint density at radius 2 is 2.06 bits per heavy atom. The molecule has 0 aliphatic rings. The number of carbonyl (C=O) groups is 1. The van der Waals surface area contributed by atoms with E-state index in [0.29, 0.717) is 5.57 Å². The van der Waals surface area contributed by atoms with Gasteiger partial charge < -0.3 is 4.74 Å². The van der Waals surface area contributed by atoms with Crippen molar-refractivity contribution in [2.45, 2.75) is 19.8 Å². The van der Waals surface area contributed by atoms with E-state index in [2.05, 4.69) is 23.5 Å². The molecule has 0 N–H and O–H groups in total. The summed E-state index contributed by atoms with van der Waals surface area (Å²) in [4.78, 5) is 11.4. The molecule has 88 valence electrons. The summed E-state index contributed by atoms with van der Waals surface area (Å²) in [6.45, 7) is 2.05. The molecule has 0 atom stereocenters. The molecule has 0 amide bonds. The number of ether oxygens (including phenoxy) is 1. The second-order valence-electron chi connectivity index (χ2n) is 3.51. The zero-order valence-corrected chi connectivity index (χ0v) is 10.2. The molecule has 0 aromatic heterocycles. The summed E-state index contributed by atoms with van der Waals surface area (Å²) in [5.74, 6) is 5.43. The Bertz CT molecular complexity index is 447. The Labute approximate surface area is 102 Å². The van der Waals surface area contributed by atoms with Crippen molar-refractivity contribution in [2.24, 2.45) is 0 Å². The first-order valence-corrected chi connectivity index (χ1v) is 5.63. The van der Waals surface area contributed by atoms with Crippen LogP contribution in [0.1, 0.15) is 25.3 Å². The number of allylic oxidation sites excluding steroid dienone is 1. The summed E-state index contributed by atoms with van der Waals surface area (Å²) in [5, 5.41) is 0. The van der Waals surface area contributed by atoms with Crippen molar-refractivity contribution in [1.29, 1.82) is 0 Å². The zero-order chi connectivity index (χ0) is 12.5. The Morgan fingerprint density at radius 1 is 1.35 bits per heavy atom. The minimum absolute atomic E-state index is 0.373. The van der Waals surface area contributed by atoms with Crippen LogP contribution in [0.3, 0.4) is 0 Å². The smallest absolute Gasteiger partial charge is 0.346 e. The molecule has 17 heavy (non-hydrogen) atoms. The molecule has 0 radical (unpaired) electrons. The first-order valence-electron chi connectivity index (χ1n) is 5.63. The van der Waals surface area contributed by atoms with Gasteiger partial charge in [-0.25, -0.2) is 4.79 Å². The Balaban J connectivity index is 2.87. The van der Waals surface area contributed by atoms with E-state index in [1.807, 2.05) is 36.4 Å². The van der Waals surface area contributed by atoms with Crippen molar-refractivity contribution in [3.63, 3.8) is 0 Å². The number of hydrogen-bond donors (Lipinski definition) is 0. The van der Waals surface area contributed by atoms with E-state index in [1.165, 1.54) is 7.11 Å². The fourth-order valence-corrected chi connectivity index (χ4v) is 1.25. The van der Waals surface area contributed by atoms with Gasteiger partial charge in [0.2, 0.25) is 0 Å². The molecule has 0 spiro atoms. The van der Waals surface area contributed by atoms with Gasteiger partial charge in [0.25, 0.3) is 0 Å². The SMILES string of the molecule is CCC/C=C(/C#Cc1ccccc1)C(=O)OC. The third-order valence-corrected chi connectivity index (χ3v) is 2.16. The molecule has 0 heterocycles. The van der Waals surface area contributed by atoms with Gasteiger partial charge in [0.15, 0.2) is 0 Å². The second kappa shape index (κ2) is 7.29. The van der Waals surface area contributed by atoms with Crippen molar-refractivity contribution < 1.29 is 9.53 Å². The van der Waals surface area contributed by atoms with Crippen LogP contribution in [0.5, 0.6) is 0 Å². The maximum Gasteiger partial charge on any atom is 0.346 e. The molecular weight excluding hydrogens is 212 g/mol. The number of unbranched alkanes of at least 4 members (excludes halogenated alkanes) is 1. The molecule has 0 fully saturated rings. The lowest BCUT2D eigenvalue weighted by Crippen LogP contribution is -2.03. The van der Waals surface area contributed by atoms with Crippen LogP contribution in [0.25, 0.3) is 0 Å². The van der Waals surface area contributed by atoms with Gasteiger partial charge in [0.05, 0.1) is 7.11 Å². The monoisotopic (exact) mass is 228 g/mol. The van der Waals surface area contributed by atoms with Crippen LogP contribution in [0.2, 0.25) is 0 Å². The lowest BCUT2D eigenvalue weighted by molar-refractivity contribution is -0.135. The summed E-state index contributed by atoms with van der Waals surface area (Å²) < 4.78 is 4.69. The Kier molecular flexibility index (Phi) is 5.60. The number of benzene rings is 1. The molecule has 2 nitrogen and oxygen atoms in total. The van der Waals surface area contributed by atoms with Crippen LogP contribution < -0.4 is 0 Å². The van der Waals surface area contributed by atoms with Crippen molar-refractivity contribution in [1.82, 2.24) is 0 Å². The second-order valence-corrected chi connectivity index (χ2v) is 3.51. The lowest BCUT2D eigenvalue weighted by atomic mass is 10.1. The van der Waals surface area contributed by atoms with E-state index in [-0.39, 0.29) is 5.97 Å². The van der Waals surface area contributed by atoms with Gasteiger partial charge in [-0.1, -0.05) is 49.5 Å². The first-order chi connectivity index (χ1) is 8.27. The number of rotatable bonds is 3. The molecule has 2 heteroatoms. The van der Waals surface area contributed by atoms with E-state index in [9.17, 15) is 4.79 Å². The van der Waals surface area contributed by atoms with Gasteiger partial charge in [0.1, 0.15) is 5.57 Å². The van der Waals surface area contributed by atoms with Gasteiger partial charge in [-0.2, -0.15) is 0 Å². The zero-order valence-electron chi connectivity index (χ0n) is 10.2. The molecule has 0 saturated carbocycles. The number of esters is 1. The lowest BCUT2D eigenvalue weighted by Gasteiger charge is -1.97. The fourth-order valence-electron chi connectivity index (χ4n) is 1.25. The highest BCUT2D eigenvalue weighted by Gasteiger charge is 2.04. The summed E-state index contributed by atoms with van der Waals surface area (Å²) >= 11 is 0. The normalized spacial score (nSPS) is 10.4. The van der Waals surface area contributed by atoms with Gasteiger partial charge in [-0.05, 0) is 18.6 Å². The van der Waals surface area contributed by atoms with Crippen LogP contribution in [0.15, 0.2) is 42.0 Å². The van der Waals surface area contributed by atoms with Crippen LogP contribution in [-0.4, -0.2) is 13.1 Å². The fraction of sp³-hybridized carbons (Fsp3) is 0.267. The van der Waals surface area contributed by atoms with E-state index in [1.54, 1.807) is 0 Å². The highest BCUT2D eigenvalue weighted by Crippen LogP contribution is 2.02. The van der Waals surface area contributed by atoms with Crippen molar-refractivity contribution in [2.75, 3.05) is 7.11 Å². The average Bonchev–Trinajstić information content (AvgIpc) is 2.39. The van der Waals surface area contributed by atoms with Crippen molar-refractivity contribution in [3.8, 4) is 11.8 Å². The summed E-state index contributed by atoms with van der Waals surface area (Å²) in [6.07, 6.45) is 3.63. The molecule has 0 aliphatic heterocycles. The molecule has 1 aromatic rings. The number of methoxy groups -OCH3 is 1. The molecule has 0 saturated heterocycles. The van der Waals surface area contributed by atoms with Gasteiger partial charge in [0, 0.05) is 5.56 Å². The van der Waals surface area contributed by atoms with Gasteiger partial charge in [-0.3, -0.25) is 0 Å². The molecule has 0 unspecified atom stereocenters. The average molecular weight is 228 g/mol. The molecular formula is C15H16O2. The number of hydrogen-bond acceptors (Lipinski definition) is 2. The summed E-state index contributed by atoms with van der Waals surface area (Å²) in [7, 11) is 1.37. The summed E-state index contributed by atoms with van der Waals surface area (Å²) in [5.41, 5.74) is 1.32. The topological polar surface area (TPSA) is 26.3 Å². The minimum Gasteiger partial charge on any atom is -0.465 e.